The molecule has 32 heavy (non-hydrogen) atoms. The normalized spacial score (nSPS) is 10.6. The van der Waals surface area contributed by atoms with Crippen LogP contribution < -0.4 is 4.74 Å². The lowest BCUT2D eigenvalue weighted by Crippen LogP contribution is -1.99. The molecule has 2 N–H and O–H groups in total. The maximum absolute atomic E-state index is 12.1. The Morgan fingerprint density at radius 3 is 2.03 bits per heavy atom. The van der Waals surface area contributed by atoms with E-state index in [9.17, 15) is 4.79 Å². The number of para-hydroxylation sites is 1. The second kappa shape index (κ2) is 19.7. The zero-order valence-corrected chi connectivity index (χ0v) is 20.5. The molecule has 0 radical (unpaired) electrons. The van der Waals surface area contributed by atoms with Gasteiger partial charge in [0, 0.05) is 29.7 Å². The quantitative estimate of drug-likeness (QED) is 0.126. The van der Waals surface area contributed by atoms with Crippen LogP contribution in [0.3, 0.4) is 0 Å². The topological polar surface area (TPSA) is 66.8 Å². The van der Waals surface area contributed by atoms with Crippen molar-refractivity contribution in [3.63, 3.8) is 0 Å². The molecule has 0 saturated heterocycles. The van der Waals surface area contributed by atoms with Crippen molar-refractivity contribution in [3.05, 3.63) is 71.8 Å². The molecule has 0 unspecified atom stereocenters. The van der Waals surface area contributed by atoms with E-state index < -0.39 is 0 Å². The summed E-state index contributed by atoms with van der Waals surface area (Å²) in [6.07, 6.45) is 11.9. The number of ketones is 1. The van der Waals surface area contributed by atoms with Crippen molar-refractivity contribution in [3.8, 4) is 5.75 Å². The fourth-order valence-electron chi connectivity index (χ4n) is 2.92. The van der Waals surface area contributed by atoms with Crippen LogP contribution >= 0.6 is 15.9 Å². The minimum absolute atomic E-state index is 0.0191. The molecular weight excluding hydrogens is 468 g/mol. The Bertz CT molecular complexity index is 740. The smallest absolute Gasteiger partial charge is 0.185 e. The number of unbranched alkanes of at least 4 members (excludes halogenated alkanes) is 6. The summed E-state index contributed by atoms with van der Waals surface area (Å²) in [6, 6.07) is 16.9. The highest BCUT2D eigenvalue weighted by molar-refractivity contribution is 9.09. The zero-order chi connectivity index (χ0) is 23.3. The van der Waals surface area contributed by atoms with Gasteiger partial charge >= 0.3 is 0 Å². The van der Waals surface area contributed by atoms with Crippen molar-refractivity contribution in [1.29, 1.82) is 0 Å². The van der Waals surface area contributed by atoms with Gasteiger partial charge in [-0.1, -0.05) is 83.7 Å². The van der Waals surface area contributed by atoms with E-state index in [0.29, 0.717) is 18.8 Å². The summed E-state index contributed by atoms with van der Waals surface area (Å²) in [5, 5.41) is 18.2. The van der Waals surface area contributed by atoms with E-state index in [1.807, 2.05) is 54.6 Å². The predicted octanol–water partition coefficient (Wildman–Crippen LogP) is 6.45. The molecule has 0 bridgehead atoms. The van der Waals surface area contributed by atoms with Gasteiger partial charge in [0.2, 0.25) is 0 Å². The highest BCUT2D eigenvalue weighted by Crippen LogP contribution is 2.20. The van der Waals surface area contributed by atoms with Crippen molar-refractivity contribution in [2.75, 3.05) is 25.2 Å². The first-order valence-corrected chi connectivity index (χ1v) is 12.6. The first kappa shape index (κ1) is 28.1. The lowest BCUT2D eigenvalue weighted by Gasteiger charge is -2.09. The van der Waals surface area contributed by atoms with Gasteiger partial charge in [-0.2, -0.15) is 0 Å². The Hall–Kier alpha value is -1.95. The van der Waals surface area contributed by atoms with Crippen LogP contribution in [0, 0.1) is 0 Å². The standard InChI is InChI=1S/C21H24O3.C6H13BrO/c22-16-8-1-2-9-17-24-21-13-7-6-12-19(21)14-15-20(23)18-10-4-3-5-11-18;7-5-3-1-2-4-6-8/h3-7,10-15,22H,1-2,8-9,16-17H2;8H,1-6H2. The summed E-state index contributed by atoms with van der Waals surface area (Å²) in [4.78, 5) is 12.1. The molecule has 0 spiro atoms. The molecule has 5 heteroatoms. The number of carbonyl (C=O) groups is 1. The van der Waals surface area contributed by atoms with E-state index in [1.54, 1.807) is 12.2 Å². The number of rotatable bonds is 15. The van der Waals surface area contributed by atoms with E-state index in [-0.39, 0.29) is 12.4 Å². The first-order chi connectivity index (χ1) is 15.7. The average molecular weight is 505 g/mol. The fourth-order valence-corrected chi connectivity index (χ4v) is 3.32. The van der Waals surface area contributed by atoms with Gasteiger partial charge in [0.1, 0.15) is 5.75 Å². The van der Waals surface area contributed by atoms with Crippen molar-refractivity contribution in [1.82, 2.24) is 0 Å². The Balaban J connectivity index is 0.000000547. The number of allylic oxidation sites excluding steroid dienone is 1. The maximum atomic E-state index is 12.1. The summed E-state index contributed by atoms with van der Waals surface area (Å²) in [5.41, 5.74) is 1.58. The third kappa shape index (κ3) is 13.5. The van der Waals surface area contributed by atoms with Crippen LogP contribution in [0.1, 0.15) is 67.3 Å². The predicted molar refractivity (Wildman–Crippen MR) is 137 cm³/mol. The number of benzene rings is 2. The van der Waals surface area contributed by atoms with E-state index in [4.69, 9.17) is 14.9 Å². The number of aliphatic hydroxyl groups is 2. The third-order valence-electron chi connectivity index (χ3n) is 4.74. The Kier molecular flexibility index (Phi) is 17.3. The van der Waals surface area contributed by atoms with Gasteiger partial charge in [0.05, 0.1) is 6.61 Å². The molecular formula is C27H37BrO4. The van der Waals surface area contributed by atoms with Gasteiger partial charge in [-0.15, -0.1) is 0 Å². The largest absolute Gasteiger partial charge is 0.493 e. The number of hydrogen-bond acceptors (Lipinski definition) is 4. The summed E-state index contributed by atoms with van der Waals surface area (Å²) in [5.74, 6) is 0.770. The van der Waals surface area contributed by atoms with Crippen LogP contribution in [-0.2, 0) is 0 Å². The molecule has 0 saturated carbocycles. The second-order valence-corrected chi connectivity index (χ2v) is 8.21. The molecule has 0 heterocycles. The second-order valence-electron chi connectivity index (χ2n) is 7.41. The minimum Gasteiger partial charge on any atom is -0.493 e. The van der Waals surface area contributed by atoms with Crippen molar-refractivity contribution in [2.24, 2.45) is 0 Å². The van der Waals surface area contributed by atoms with Gasteiger partial charge in [0.25, 0.3) is 0 Å². The Morgan fingerprint density at radius 1 is 0.781 bits per heavy atom. The SMILES string of the molecule is O=C(C=Cc1ccccc1OCCCCCCO)c1ccccc1.OCCCCCCBr. The summed E-state index contributed by atoms with van der Waals surface area (Å²) in [6.45, 7) is 1.25. The monoisotopic (exact) mass is 504 g/mol. The number of halogens is 1. The molecule has 0 aliphatic carbocycles. The minimum atomic E-state index is -0.0191. The Morgan fingerprint density at radius 2 is 1.38 bits per heavy atom. The van der Waals surface area contributed by atoms with E-state index >= 15 is 0 Å². The van der Waals surface area contributed by atoms with Crippen LogP contribution in [0.5, 0.6) is 5.75 Å². The van der Waals surface area contributed by atoms with Crippen molar-refractivity contribution in [2.45, 2.75) is 51.4 Å². The molecule has 176 valence electrons. The van der Waals surface area contributed by atoms with Gasteiger partial charge in [-0.3, -0.25) is 4.79 Å². The number of alkyl halides is 1. The Labute approximate surface area is 201 Å². The van der Waals surface area contributed by atoms with Crippen LogP contribution in [0.4, 0.5) is 0 Å². The molecule has 2 aromatic rings. The van der Waals surface area contributed by atoms with Gasteiger partial charge in [-0.25, -0.2) is 0 Å². The van der Waals surface area contributed by atoms with Gasteiger partial charge in [-0.05, 0) is 50.3 Å². The molecule has 0 atom stereocenters. The molecule has 0 amide bonds. The van der Waals surface area contributed by atoms with Crippen molar-refractivity contribution < 1.29 is 19.7 Å². The fraction of sp³-hybridized carbons (Fsp3) is 0.444. The van der Waals surface area contributed by atoms with E-state index in [1.165, 1.54) is 19.3 Å². The van der Waals surface area contributed by atoms with Crippen LogP contribution in [0.2, 0.25) is 0 Å². The van der Waals surface area contributed by atoms with Crippen LogP contribution in [0.25, 0.3) is 6.08 Å². The van der Waals surface area contributed by atoms with Crippen LogP contribution in [-0.4, -0.2) is 41.1 Å². The molecule has 4 nitrogen and oxygen atoms in total. The van der Waals surface area contributed by atoms with Crippen LogP contribution in [0.15, 0.2) is 60.7 Å². The lowest BCUT2D eigenvalue weighted by atomic mass is 10.1. The molecule has 2 rings (SSSR count). The lowest BCUT2D eigenvalue weighted by molar-refractivity contribution is 0.104. The van der Waals surface area contributed by atoms with Gasteiger partial charge in [0.15, 0.2) is 5.78 Å². The average Bonchev–Trinajstić information content (AvgIpc) is 2.84. The highest BCUT2D eigenvalue weighted by Gasteiger charge is 2.03. The van der Waals surface area contributed by atoms with Crippen molar-refractivity contribution >= 4 is 27.8 Å². The maximum Gasteiger partial charge on any atom is 0.185 e. The molecule has 0 fully saturated rings. The number of hydrogen-bond donors (Lipinski definition) is 2. The molecule has 0 aliphatic rings. The molecule has 2 aromatic carbocycles. The summed E-state index contributed by atoms with van der Waals surface area (Å²) < 4.78 is 5.83. The van der Waals surface area contributed by atoms with E-state index in [2.05, 4.69) is 15.9 Å². The zero-order valence-electron chi connectivity index (χ0n) is 18.9. The van der Waals surface area contributed by atoms with E-state index in [0.717, 1.165) is 48.7 Å². The van der Waals surface area contributed by atoms with Gasteiger partial charge < -0.3 is 14.9 Å². The number of aliphatic hydroxyl groups excluding tert-OH is 2. The first-order valence-electron chi connectivity index (χ1n) is 11.5. The number of ether oxygens (including phenoxy) is 1. The summed E-state index contributed by atoms with van der Waals surface area (Å²) >= 11 is 3.34. The molecule has 0 aromatic heterocycles. The number of carbonyl (C=O) groups excluding carboxylic acids is 1. The summed E-state index contributed by atoms with van der Waals surface area (Å²) in [7, 11) is 0. The molecule has 0 aliphatic heterocycles. The third-order valence-corrected chi connectivity index (χ3v) is 5.30. The highest BCUT2D eigenvalue weighted by atomic mass is 79.9.